The number of para-hydroxylation sites is 1. The lowest BCUT2D eigenvalue weighted by Crippen LogP contribution is -2.20. The van der Waals surface area contributed by atoms with Crippen molar-refractivity contribution < 1.29 is 8.42 Å². The van der Waals surface area contributed by atoms with E-state index in [0.717, 1.165) is 12.2 Å². The van der Waals surface area contributed by atoms with Crippen molar-refractivity contribution in [3.8, 4) is 0 Å². The van der Waals surface area contributed by atoms with Crippen LogP contribution in [0.4, 0.5) is 5.69 Å². The van der Waals surface area contributed by atoms with Gasteiger partial charge in [0.2, 0.25) is 10.0 Å². The van der Waals surface area contributed by atoms with Gasteiger partial charge in [-0.25, -0.2) is 18.1 Å². The fraction of sp³-hybridized carbons (Fsp3) is 0.308. The lowest BCUT2D eigenvalue weighted by Gasteiger charge is -2.11. The molecule has 0 aliphatic carbocycles. The highest BCUT2D eigenvalue weighted by Gasteiger charge is 2.15. The number of sulfonamides is 1. The van der Waals surface area contributed by atoms with Gasteiger partial charge in [-0.2, -0.15) is 0 Å². The minimum Gasteiger partial charge on any atom is -0.383 e. The minimum atomic E-state index is -3.45. The largest absolute Gasteiger partial charge is 0.383 e. The number of aryl methyl sites for hydroxylation is 1. The molecule has 0 spiro atoms. The van der Waals surface area contributed by atoms with Gasteiger partial charge >= 0.3 is 0 Å². The predicted octanol–water partition coefficient (Wildman–Crippen LogP) is 0.983. The number of aromatic nitrogens is 2. The molecule has 2 aromatic rings. The molecule has 0 saturated heterocycles. The summed E-state index contributed by atoms with van der Waals surface area (Å²) in [6.45, 7) is 0.612. The number of anilines is 1. The highest BCUT2D eigenvalue weighted by molar-refractivity contribution is 7.89. The molecule has 0 amide bonds. The summed E-state index contributed by atoms with van der Waals surface area (Å²) in [4.78, 5) is 4.48. The van der Waals surface area contributed by atoms with Crippen molar-refractivity contribution in [1.29, 1.82) is 0 Å². The van der Waals surface area contributed by atoms with Crippen LogP contribution in [-0.4, -0.2) is 31.6 Å². The fourth-order valence-electron chi connectivity index (χ4n) is 1.90. The van der Waals surface area contributed by atoms with E-state index in [2.05, 4.69) is 15.0 Å². The molecule has 2 rings (SSSR count). The average molecular weight is 294 g/mol. The van der Waals surface area contributed by atoms with Crippen LogP contribution < -0.4 is 10.0 Å². The third-order valence-electron chi connectivity index (χ3n) is 3.03. The van der Waals surface area contributed by atoms with Crippen LogP contribution in [0.15, 0.2) is 41.6 Å². The van der Waals surface area contributed by atoms with Crippen molar-refractivity contribution in [2.75, 3.05) is 18.9 Å². The van der Waals surface area contributed by atoms with Gasteiger partial charge in [0, 0.05) is 32.4 Å². The van der Waals surface area contributed by atoms with Gasteiger partial charge in [0.15, 0.2) is 0 Å². The van der Waals surface area contributed by atoms with Gasteiger partial charge in [-0.15, -0.1) is 0 Å². The van der Waals surface area contributed by atoms with Gasteiger partial charge in [-0.1, -0.05) is 12.1 Å². The molecule has 6 nitrogen and oxygen atoms in total. The second-order valence-electron chi connectivity index (χ2n) is 4.33. The molecule has 0 unspecified atom stereocenters. The summed E-state index contributed by atoms with van der Waals surface area (Å²) in [7, 11) is -0.119. The average Bonchev–Trinajstić information content (AvgIpc) is 2.85. The Morgan fingerprint density at radius 1 is 1.30 bits per heavy atom. The Morgan fingerprint density at radius 3 is 2.70 bits per heavy atom. The zero-order valence-electron chi connectivity index (χ0n) is 11.5. The van der Waals surface area contributed by atoms with E-state index >= 15 is 0 Å². The molecule has 0 bridgehead atoms. The van der Waals surface area contributed by atoms with E-state index in [1.165, 1.54) is 7.05 Å². The van der Waals surface area contributed by atoms with Crippen molar-refractivity contribution in [3.63, 3.8) is 0 Å². The first-order chi connectivity index (χ1) is 9.54. The summed E-state index contributed by atoms with van der Waals surface area (Å²) in [5, 5.41) is 3.15. The summed E-state index contributed by atoms with van der Waals surface area (Å²) in [6, 6.07) is 6.84. The first kappa shape index (κ1) is 14.5. The van der Waals surface area contributed by atoms with E-state index in [9.17, 15) is 8.42 Å². The second kappa shape index (κ2) is 6.06. The molecule has 7 heteroatoms. The van der Waals surface area contributed by atoms with Gasteiger partial charge in [0.05, 0.1) is 5.69 Å². The lowest BCUT2D eigenvalue weighted by atomic mass is 10.3. The van der Waals surface area contributed by atoms with Crippen LogP contribution in [0, 0.1) is 0 Å². The Bertz CT molecular complexity index is 679. The maximum absolute atomic E-state index is 11.9. The molecule has 2 N–H and O–H groups in total. The Labute approximate surface area is 118 Å². The highest BCUT2D eigenvalue weighted by Crippen LogP contribution is 2.20. The monoisotopic (exact) mass is 294 g/mol. The maximum atomic E-state index is 11.9. The molecule has 0 aliphatic rings. The van der Waals surface area contributed by atoms with E-state index < -0.39 is 10.0 Å². The van der Waals surface area contributed by atoms with E-state index in [4.69, 9.17) is 0 Å². The maximum Gasteiger partial charge on any atom is 0.242 e. The molecule has 20 heavy (non-hydrogen) atoms. The molecular formula is C13H18N4O2S. The van der Waals surface area contributed by atoms with Gasteiger partial charge in [0.1, 0.15) is 10.7 Å². The summed E-state index contributed by atoms with van der Waals surface area (Å²) < 4.78 is 28.1. The summed E-state index contributed by atoms with van der Waals surface area (Å²) in [5.41, 5.74) is 0.594. The molecule has 0 radical (unpaired) electrons. The number of imidazole rings is 1. The van der Waals surface area contributed by atoms with Crippen molar-refractivity contribution in [1.82, 2.24) is 14.3 Å². The van der Waals surface area contributed by atoms with Crippen LogP contribution in [0.1, 0.15) is 5.82 Å². The summed E-state index contributed by atoms with van der Waals surface area (Å²) >= 11 is 0. The zero-order valence-corrected chi connectivity index (χ0v) is 12.3. The Morgan fingerprint density at radius 2 is 2.05 bits per heavy atom. The Balaban J connectivity index is 2.09. The standard InChI is InChI=1S/C13H18N4O2S/c1-14-20(18,19)12-6-4-3-5-11(12)15-8-7-13-16-9-10-17(13)2/h3-6,9-10,14-15H,7-8H2,1-2H3. The molecule has 0 fully saturated rings. The van der Waals surface area contributed by atoms with Crippen molar-refractivity contribution >= 4 is 15.7 Å². The first-order valence-corrected chi connectivity index (χ1v) is 7.75. The van der Waals surface area contributed by atoms with Crippen LogP contribution in [0.5, 0.6) is 0 Å². The molecule has 0 atom stereocenters. The number of rotatable bonds is 6. The quantitative estimate of drug-likeness (QED) is 0.833. The summed E-state index contributed by atoms with van der Waals surface area (Å²) in [5.74, 6) is 0.950. The van der Waals surface area contributed by atoms with E-state index in [1.54, 1.807) is 30.5 Å². The summed E-state index contributed by atoms with van der Waals surface area (Å²) in [6.07, 6.45) is 4.35. The van der Waals surface area contributed by atoms with Gasteiger partial charge in [0.25, 0.3) is 0 Å². The number of benzene rings is 1. The fourth-order valence-corrected chi connectivity index (χ4v) is 2.81. The van der Waals surface area contributed by atoms with Crippen LogP contribution in [0.3, 0.4) is 0 Å². The topological polar surface area (TPSA) is 76.0 Å². The Hall–Kier alpha value is -1.86. The Kier molecular flexibility index (Phi) is 4.41. The molecule has 1 heterocycles. The smallest absolute Gasteiger partial charge is 0.242 e. The van der Waals surface area contributed by atoms with E-state index in [1.807, 2.05) is 17.8 Å². The van der Waals surface area contributed by atoms with Crippen molar-refractivity contribution in [3.05, 3.63) is 42.5 Å². The number of nitrogens with zero attached hydrogens (tertiary/aromatic N) is 2. The minimum absolute atomic E-state index is 0.252. The number of hydrogen-bond acceptors (Lipinski definition) is 4. The first-order valence-electron chi connectivity index (χ1n) is 6.27. The third-order valence-corrected chi connectivity index (χ3v) is 4.50. The van der Waals surface area contributed by atoms with Crippen LogP contribution in [0.25, 0.3) is 0 Å². The normalized spacial score (nSPS) is 11.5. The molecule has 1 aromatic heterocycles. The van der Waals surface area contributed by atoms with Crippen LogP contribution in [0.2, 0.25) is 0 Å². The predicted molar refractivity (Wildman–Crippen MR) is 78.1 cm³/mol. The van der Waals surface area contributed by atoms with E-state index in [-0.39, 0.29) is 4.90 Å². The van der Waals surface area contributed by atoms with Gasteiger partial charge < -0.3 is 9.88 Å². The molecule has 1 aromatic carbocycles. The van der Waals surface area contributed by atoms with Gasteiger partial charge in [-0.3, -0.25) is 0 Å². The molecular weight excluding hydrogens is 276 g/mol. The lowest BCUT2D eigenvalue weighted by molar-refractivity contribution is 0.588. The van der Waals surface area contributed by atoms with Crippen LogP contribution in [-0.2, 0) is 23.5 Å². The van der Waals surface area contributed by atoms with Crippen molar-refractivity contribution in [2.45, 2.75) is 11.3 Å². The van der Waals surface area contributed by atoms with Crippen LogP contribution >= 0.6 is 0 Å². The molecule has 108 valence electrons. The SMILES string of the molecule is CNS(=O)(=O)c1ccccc1NCCc1nccn1C. The molecule has 0 saturated carbocycles. The molecule has 0 aliphatic heterocycles. The number of nitrogens with one attached hydrogen (secondary N) is 2. The van der Waals surface area contributed by atoms with Gasteiger partial charge in [-0.05, 0) is 19.2 Å². The third kappa shape index (κ3) is 3.17. The van der Waals surface area contributed by atoms with E-state index in [0.29, 0.717) is 12.2 Å². The second-order valence-corrected chi connectivity index (χ2v) is 6.19. The van der Waals surface area contributed by atoms with Crippen molar-refractivity contribution in [2.24, 2.45) is 7.05 Å². The highest BCUT2D eigenvalue weighted by atomic mass is 32.2. The zero-order chi connectivity index (χ0) is 14.6. The number of hydrogen-bond donors (Lipinski definition) is 2.